The van der Waals surface area contributed by atoms with Crippen LogP contribution in [0.1, 0.15) is 74.8 Å². The van der Waals surface area contributed by atoms with Crippen LogP contribution in [0.4, 0.5) is 0 Å². The van der Waals surface area contributed by atoms with Crippen LogP contribution >= 0.6 is 0 Å². The average molecular weight is 407 g/mol. The quantitative estimate of drug-likeness (QED) is 0.756. The third-order valence-electron chi connectivity index (χ3n) is 7.11. The van der Waals surface area contributed by atoms with Crippen molar-refractivity contribution in [1.82, 2.24) is 4.90 Å². The van der Waals surface area contributed by atoms with Crippen molar-refractivity contribution in [2.75, 3.05) is 6.61 Å². The fraction of sp³-hybridized carbons (Fsp3) is 0.600. The van der Waals surface area contributed by atoms with Gasteiger partial charge in [-0.25, -0.2) is 0 Å². The molecule has 0 bridgehead atoms. The van der Waals surface area contributed by atoms with E-state index in [4.69, 9.17) is 0 Å². The molecule has 2 N–H and O–H groups in total. The van der Waals surface area contributed by atoms with Crippen LogP contribution in [0.3, 0.4) is 0 Å². The summed E-state index contributed by atoms with van der Waals surface area (Å²) in [6.45, 7) is -0.143. The van der Waals surface area contributed by atoms with Crippen molar-refractivity contribution in [3.8, 4) is 17.9 Å². The van der Waals surface area contributed by atoms with Crippen molar-refractivity contribution in [3.63, 3.8) is 0 Å². The molecule has 1 saturated heterocycles. The molecular formula is C25H30N2O3. The Morgan fingerprint density at radius 1 is 1.10 bits per heavy atom. The van der Waals surface area contributed by atoms with Gasteiger partial charge in [-0.15, -0.1) is 0 Å². The van der Waals surface area contributed by atoms with Gasteiger partial charge in [0, 0.05) is 17.4 Å². The zero-order valence-electron chi connectivity index (χ0n) is 17.4. The van der Waals surface area contributed by atoms with E-state index in [2.05, 4.69) is 17.9 Å². The summed E-state index contributed by atoms with van der Waals surface area (Å²) in [5.74, 6) is 5.91. The standard InChI is InChI=1S/C25H30N2O3/c26-16-21-23(22(17-28)27(21)24(29)20-6-2-1-3-7-20)19-10-8-18(9-11-19)12-15-25(30)13-4-5-14-25/h8-11,20-23,28,30H,1-7,13-14,17H2/t21-,22-,23-/m1/s1. The van der Waals surface area contributed by atoms with Gasteiger partial charge < -0.3 is 15.1 Å². The van der Waals surface area contributed by atoms with Gasteiger partial charge in [0.15, 0.2) is 0 Å². The molecule has 5 nitrogen and oxygen atoms in total. The first-order chi connectivity index (χ1) is 14.6. The first-order valence-corrected chi connectivity index (χ1v) is 11.2. The van der Waals surface area contributed by atoms with Crippen LogP contribution in [-0.4, -0.2) is 45.3 Å². The van der Waals surface area contributed by atoms with Gasteiger partial charge in [0.2, 0.25) is 5.91 Å². The zero-order chi connectivity index (χ0) is 21.1. The van der Waals surface area contributed by atoms with Crippen molar-refractivity contribution in [2.45, 2.75) is 81.4 Å². The van der Waals surface area contributed by atoms with Crippen LogP contribution in [0.15, 0.2) is 24.3 Å². The molecule has 2 saturated carbocycles. The van der Waals surface area contributed by atoms with Crippen LogP contribution in [0, 0.1) is 29.1 Å². The van der Waals surface area contributed by atoms with E-state index in [1.807, 2.05) is 24.3 Å². The summed E-state index contributed by atoms with van der Waals surface area (Å²) < 4.78 is 0. The highest BCUT2D eigenvalue weighted by molar-refractivity contribution is 5.81. The Labute approximate surface area is 178 Å². The predicted molar refractivity (Wildman–Crippen MR) is 113 cm³/mol. The van der Waals surface area contributed by atoms with Gasteiger partial charge in [-0.05, 0) is 56.2 Å². The highest BCUT2D eigenvalue weighted by atomic mass is 16.3. The fourth-order valence-corrected chi connectivity index (χ4v) is 5.33. The van der Waals surface area contributed by atoms with Crippen molar-refractivity contribution < 1.29 is 15.0 Å². The molecule has 158 valence electrons. The normalized spacial score (nSPS) is 28.2. The number of aliphatic hydroxyl groups is 2. The Hall–Kier alpha value is -2.34. The lowest BCUT2D eigenvalue weighted by molar-refractivity contribution is -0.152. The van der Waals surface area contributed by atoms with Gasteiger partial charge in [0.1, 0.15) is 11.6 Å². The third kappa shape index (κ3) is 3.97. The summed E-state index contributed by atoms with van der Waals surface area (Å²) in [5.41, 5.74) is 0.904. The number of amides is 1. The summed E-state index contributed by atoms with van der Waals surface area (Å²) in [7, 11) is 0. The summed E-state index contributed by atoms with van der Waals surface area (Å²) >= 11 is 0. The zero-order valence-corrected chi connectivity index (χ0v) is 17.4. The van der Waals surface area contributed by atoms with Crippen LogP contribution in [0.2, 0.25) is 0 Å². The number of hydrogen-bond donors (Lipinski definition) is 2. The van der Waals surface area contributed by atoms with E-state index in [9.17, 15) is 20.3 Å². The lowest BCUT2D eigenvalue weighted by Crippen LogP contribution is -2.66. The van der Waals surface area contributed by atoms with Crippen molar-refractivity contribution in [2.24, 2.45) is 5.92 Å². The Morgan fingerprint density at radius 3 is 2.37 bits per heavy atom. The Kier molecular flexibility index (Phi) is 6.14. The molecular weight excluding hydrogens is 376 g/mol. The second kappa shape index (κ2) is 8.80. The maximum absolute atomic E-state index is 13.0. The molecule has 30 heavy (non-hydrogen) atoms. The highest BCUT2D eigenvalue weighted by Crippen LogP contribution is 2.42. The number of rotatable bonds is 3. The van der Waals surface area contributed by atoms with E-state index in [0.717, 1.165) is 62.5 Å². The minimum atomic E-state index is -0.861. The second-order valence-electron chi connectivity index (χ2n) is 9.04. The van der Waals surface area contributed by atoms with Gasteiger partial charge in [-0.3, -0.25) is 4.79 Å². The molecule has 3 atom stereocenters. The minimum absolute atomic E-state index is 0.0105. The largest absolute Gasteiger partial charge is 0.394 e. The van der Waals surface area contributed by atoms with Crippen LogP contribution in [-0.2, 0) is 4.79 Å². The molecule has 1 aromatic carbocycles. The smallest absolute Gasteiger partial charge is 0.227 e. The van der Waals surface area contributed by atoms with E-state index >= 15 is 0 Å². The lowest BCUT2D eigenvalue weighted by Gasteiger charge is -2.52. The molecule has 1 aromatic rings. The first kappa shape index (κ1) is 20.9. The van der Waals surface area contributed by atoms with Crippen LogP contribution < -0.4 is 0 Å². The number of benzene rings is 1. The van der Waals surface area contributed by atoms with Gasteiger partial charge in [0.05, 0.1) is 18.7 Å². The van der Waals surface area contributed by atoms with E-state index in [1.165, 1.54) is 6.42 Å². The third-order valence-corrected chi connectivity index (χ3v) is 7.11. The van der Waals surface area contributed by atoms with E-state index < -0.39 is 11.6 Å². The highest BCUT2D eigenvalue weighted by Gasteiger charge is 2.52. The van der Waals surface area contributed by atoms with E-state index in [0.29, 0.717) is 0 Å². The molecule has 0 unspecified atom stereocenters. The molecule has 0 spiro atoms. The summed E-state index contributed by atoms with van der Waals surface area (Å²) in [5, 5.41) is 30.1. The topological polar surface area (TPSA) is 84.6 Å². The summed E-state index contributed by atoms with van der Waals surface area (Å²) in [6.07, 6.45) is 8.55. The molecule has 3 fully saturated rings. The van der Waals surface area contributed by atoms with Gasteiger partial charge in [-0.2, -0.15) is 5.26 Å². The number of carbonyl (C=O) groups excluding carboxylic acids is 1. The Morgan fingerprint density at radius 2 is 1.77 bits per heavy atom. The Bertz CT molecular complexity index is 864. The number of nitriles is 1. The number of aliphatic hydroxyl groups excluding tert-OH is 1. The fourth-order valence-electron chi connectivity index (χ4n) is 5.33. The van der Waals surface area contributed by atoms with Crippen molar-refractivity contribution >= 4 is 5.91 Å². The monoisotopic (exact) mass is 406 g/mol. The van der Waals surface area contributed by atoms with Crippen LogP contribution in [0.25, 0.3) is 0 Å². The van der Waals surface area contributed by atoms with E-state index in [1.54, 1.807) is 4.90 Å². The number of carbonyl (C=O) groups is 1. The molecule has 1 aliphatic heterocycles. The predicted octanol–water partition coefficient (Wildman–Crippen LogP) is 3.10. The molecule has 5 heteroatoms. The van der Waals surface area contributed by atoms with Crippen LogP contribution in [0.5, 0.6) is 0 Å². The maximum Gasteiger partial charge on any atom is 0.227 e. The number of likely N-dealkylation sites (tertiary alicyclic amines) is 1. The maximum atomic E-state index is 13.0. The molecule has 1 heterocycles. The Balaban J connectivity index is 1.48. The van der Waals surface area contributed by atoms with Crippen molar-refractivity contribution in [3.05, 3.63) is 35.4 Å². The van der Waals surface area contributed by atoms with Gasteiger partial charge in [-0.1, -0.05) is 43.2 Å². The summed E-state index contributed by atoms with van der Waals surface area (Å²) in [4.78, 5) is 14.6. The van der Waals surface area contributed by atoms with Crippen molar-refractivity contribution in [1.29, 1.82) is 5.26 Å². The lowest BCUT2D eigenvalue weighted by atomic mass is 9.74. The number of hydrogen-bond acceptors (Lipinski definition) is 4. The molecule has 2 aliphatic carbocycles. The minimum Gasteiger partial charge on any atom is -0.394 e. The SMILES string of the molecule is N#C[C@@H]1[C@@H](c2ccc(C#CC3(O)CCCC3)cc2)[C@@H](CO)N1C(=O)C1CCCCC1. The second-order valence-corrected chi connectivity index (χ2v) is 9.04. The molecule has 4 rings (SSSR count). The first-order valence-electron chi connectivity index (χ1n) is 11.2. The molecule has 0 radical (unpaired) electrons. The molecule has 1 amide bonds. The van der Waals surface area contributed by atoms with Gasteiger partial charge in [0.25, 0.3) is 0 Å². The number of nitrogens with zero attached hydrogens (tertiary/aromatic N) is 2. The molecule has 3 aliphatic rings. The van der Waals surface area contributed by atoms with E-state index in [-0.39, 0.29) is 30.4 Å². The summed E-state index contributed by atoms with van der Waals surface area (Å²) in [6, 6.07) is 9.08. The molecule has 0 aromatic heterocycles. The average Bonchev–Trinajstić information content (AvgIpc) is 3.20. The van der Waals surface area contributed by atoms with Gasteiger partial charge >= 0.3 is 0 Å².